The molecule has 4 heteroatoms. The third-order valence-electron chi connectivity index (χ3n) is 3.60. The Hall–Kier alpha value is -0.480. The van der Waals surface area contributed by atoms with Crippen LogP contribution in [-0.2, 0) is 0 Å². The summed E-state index contributed by atoms with van der Waals surface area (Å²) in [6, 6.07) is 2.49. The molecule has 20 heavy (non-hydrogen) atoms. The molecule has 114 valence electrons. The van der Waals surface area contributed by atoms with Crippen molar-refractivity contribution >= 4 is 15.9 Å². The molecule has 1 aromatic carbocycles. The van der Waals surface area contributed by atoms with Gasteiger partial charge >= 0.3 is 0 Å². The predicted molar refractivity (Wildman–Crippen MR) is 83.8 cm³/mol. The highest BCUT2D eigenvalue weighted by molar-refractivity contribution is 9.10. The Balaban J connectivity index is 3.21. The highest BCUT2D eigenvalue weighted by atomic mass is 79.9. The minimum absolute atomic E-state index is 0.174. The van der Waals surface area contributed by atoms with Crippen LogP contribution >= 0.6 is 15.9 Å². The van der Waals surface area contributed by atoms with E-state index < -0.39 is 11.6 Å². The average molecular weight is 348 g/mol. The van der Waals surface area contributed by atoms with Crippen molar-refractivity contribution in [1.82, 2.24) is 5.32 Å². The number of hydrogen-bond donors (Lipinski definition) is 1. The second-order valence-electron chi connectivity index (χ2n) is 5.13. The topological polar surface area (TPSA) is 12.0 Å². The predicted octanol–water partition coefficient (Wildman–Crippen LogP) is 5.59. The first kappa shape index (κ1) is 17.6. The third-order valence-corrected chi connectivity index (χ3v) is 4.22. The van der Waals surface area contributed by atoms with Crippen LogP contribution in [0.1, 0.15) is 58.1 Å². The van der Waals surface area contributed by atoms with Crippen molar-refractivity contribution in [2.24, 2.45) is 5.92 Å². The maximum atomic E-state index is 14.3. The van der Waals surface area contributed by atoms with Gasteiger partial charge in [-0.1, -0.05) is 33.6 Å². The third kappa shape index (κ3) is 4.26. The molecule has 0 saturated carbocycles. The number of benzene rings is 1. The van der Waals surface area contributed by atoms with Crippen LogP contribution in [0.5, 0.6) is 0 Å². The fourth-order valence-electron chi connectivity index (χ4n) is 2.77. The van der Waals surface area contributed by atoms with E-state index in [9.17, 15) is 8.78 Å². The highest BCUT2D eigenvalue weighted by Gasteiger charge is 2.27. The number of hydrogen-bond acceptors (Lipinski definition) is 1. The first-order valence-electron chi connectivity index (χ1n) is 7.43. The summed E-state index contributed by atoms with van der Waals surface area (Å²) in [6.45, 7) is 6.88. The lowest BCUT2D eigenvalue weighted by Gasteiger charge is -2.29. The summed E-state index contributed by atoms with van der Waals surface area (Å²) < 4.78 is 28.8. The van der Waals surface area contributed by atoms with Crippen LogP contribution in [0.2, 0.25) is 0 Å². The van der Waals surface area contributed by atoms with E-state index in [-0.39, 0.29) is 17.5 Å². The van der Waals surface area contributed by atoms with Crippen LogP contribution < -0.4 is 5.32 Å². The first-order valence-corrected chi connectivity index (χ1v) is 8.22. The summed E-state index contributed by atoms with van der Waals surface area (Å²) in [7, 11) is 0. The van der Waals surface area contributed by atoms with E-state index in [0.717, 1.165) is 25.7 Å². The summed E-state index contributed by atoms with van der Waals surface area (Å²) in [5, 5.41) is 3.28. The number of rotatable bonds is 8. The van der Waals surface area contributed by atoms with Gasteiger partial charge in [0.1, 0.15) is 11.6 Å². The van der Waals surface area contributed by atoms with Gasteiger partial charge in [-0.3, -0.25) is 0 Å². The van der Waals surface area contributed by atoms with E-state index >= 15 is 0 Å². The molecule has 0 fully saturated rings. The van der Waals surface area contributed by atoms with Crippen molar-refractivity contribution in [3.8, 4) is 0 Å². The van der Waals surface area contributed by atoms with E-state index in [4.69, 9.17) is 0 Å². The van der Waals surface area contributed by atoms with Crippen molar-refractivity contribution in [3.05, 3.63) is 33.8 Å². The maximum absolute atomic E-state index is 14.3. The highest BCUT2D eigenvalue weighted by Crippen LogP contribution is 2.35. The van der Waals surface area contributed by atoms with Crippen molar-refractivity contribution in [3.63, 3.8) is 0 Å². The zero-order chi connectivity index (χ0) is 15.1. The molecule has 0 bridgehead atoms. The Labute approximate surface area is 129 Å². The lowest BCUT2D eigenvalue weighted by atomic mass is 9.85. The Morgan fingerprint density at radius 1 is 1.10 bits per heavy atom. The van der Waals surface area contributed by atoms with Crippen LogP contribution in [0, 0.1) is 17.6 Å². The monoisotopic (exact) mass is 347 g/mol. The minimum Gasteiger partial charge on any atom is -0.310 e. The fraction of sp³-hybridized carbons (Fsp3) is 0.625. The molecule has 1 nitrogen and oxygen atoms in total. The van der Waals surface area contributed by atoms with Crippen LogP contribution in [0.3, 0.4) is 0 Å². The molecule has 1 N–H and O–H groups in total. The Morgan fingerprint density at radius 3 is 2.20 bits per heavy atom. The Bertz CT molecular complexity index is 417. The van der Waals surface area contributed by atoms with Gasteiger partial charge in [-0.05, 0) is 53.4 Å². The molecule has 1 unspecified atom stereocenters. The summed E-state index contributed by atoms with van der Waals surface area (Å²) in [5.74, 6) is -0.690. The van der Waals surface area contributed by atoms with Gasteiger partial charge in [0.25, 0.3) is 0 Å². The van der Waals surface area contributed by atoms with Crippen molar-refractivity contribution in [2.75, 3.05) is 6.54 Å². The lowest BCUT2D eigenvalue weighted by Crippen LogP contribution is -2.30. The van der Waals surface area contributed by atoms with E-state index in [2.05, 4.69) is 35.1 Å². The summed E-state index contributed by atoms with van der Waals surface area (Å²) in [4.78, 5) is 0. The van der Waals surface area contributed by atoms with Crippen molar-refractivity contribution in [2.45, 2.75) is 52.5 Å². The van der Waals surface area contributed by atoms with E-state index in [0.29, 0.717) is 11.0 Å². The molecule has 0 heterocycles. The normalized spacial score (nSPS) is 12.9. The van der Waals surface area contributed by atoms with E-state index in [1.807, 2.05) is 6.92 Å². The van der Waals surface area contributed by atoms with Gasteiger partial charge in [-0.15, -0.1) is 0 Å². The molecule has 0 radical (unpaired) electrons. The second kappa shape index (κ2) is 8.73. The van der Waals surface area contributed by atoms with E-state index in [1.165, 1.54) is 12.1 Å². The Kier molecular flexibility index (Phi) is 7.67. The molecule has 0 aliphatic heterocycles. The van der Waals surface area contributed by atoms with Gasteiger partial charge in [0, 0.05) is 11.6 Å². The second-order valence-corrected chi connectivity index (χ2v) is 5.98. The molecule has 0 spiro atoms. The van der Waals surface area contributed by atoms with Crippen LogP contribution in [0.4, 0.5) is 8.78 Å². The molecule has 0 saturated heterocycles. The molecule has 1 aromatic rings. The maximum Gasteiger partial charge on any atom is 0.145 e. The molecular weight excluding hydrogens is 324 g/mol. The molecule has 1 atom stereocenters. The van der Waals surface area contributed by atoms with Gasteiger partial charge in [0.2, 0.25) is 0 Å². The smallest absolute Gasteiger partial charge is 0.145 e. The van der Waals surface area contributed by atoms with Gasteiger partial charge in [0.05, 0.1) is 4.47 Å². The van der Waals surface area contributed by atoms with Gasteiger partial charge in [0.15, 0.2) is 0 Å². The quantitative estimate of drug-likeness (QED) is 0.604. The van der Waals surface area contributed by atoms with Crippen LogP contribution in [0.25, 0.3) is 0 Å². The molecule has 0 aliphatic carbocycles. The first-order chi connectivity index (χ1) is 9.56. The lowest BCUT2D eigenvalue weighted by molar-refractivity contribution is 0.304. The SMILES string of the molecule is CCCC(CCC)C(NCC)c1c(F)ccc(Br)c1F. The summed E-state index contributed by atoms with van der Waals surface area (Å²) in [6.07, 6.45) is 3.97. The zero-order valence-corrected chi connectivity index (χ0v) is 14.1. The summed E-state index contributed by atoms with van der Waals surface area (Å²) in [5.41, 5.74) is 0.174. The van der Waals surface area contributed by atoms with Gasteiger partial charge < -0.3 is 5.32 Å². The molecule has 1 rings (SSSR count). The van der Waals surface area contributed by atoms with Crippen LogP contribution in [0.15, 0.2) is 16.6 Å². The largest absolute Gasteiger partial charge is 0.310 e. The van der Waals surface area contributed by atoms with Gasteiger partial charge in [-0.2, -0.15) is 0 Å². The Morgan fingerprint density at radius 2 is 1.70 bits per heavy atom. The number of halogens is 3. The van der Waals surface area contributed by atoms with E-state index in [1.54, 1.807) is 0 Å². The fourth-order valence-corrected chi connectivity index (χ4v) is 3.12. The number of nitrogens with one attached hydrogen (secondary N) is 1. The molecular formula is C16H24BrF2N. The van der Waals surface area contributed by atoms with Gasteiger partial charge in [-0.25, -0.2) is 8.78 Å². The van der Waals surface area contributed by atoms with Crippen LogP contribution in [-0.4, -0.2) is 6.54 Å². The average Bonchev–Trinajstić information content (AvgIpc) is 2.42. The van der Waals surface area contributed by atoms with Crippen molar-refractivity contribution < 1.29 is 8.78 Å². The standard InChI is InChI=1S/C16H24BrF2N/c1-4-7-11(8-5-2)16(20-6-3)14-13(18)10-9-12(17)15(14)19/h9-11,16,20H,4-8H2,1-3H3. The summed E-state index contributed by atoms with van der Waals surface area (Å²) >= 11 is 3.16. The molecule has 0 aliphatic rings. The molecule has 0 aromatic heterocycles. The van der Waals surface area contributed by atoms with Crippen molar-refractivity contribution in [1.29, 1.82) is 0 Å². The molecule has 0 amide bonds. The zero-order valence-electron chi connectivity index (χ0n) is 12.5. The minimum atomic E-state index is -0.479.